The average molecular weight is 202 g/mol. The Morgan fingerprint density at radius 1 is 1.13 bits per heavy atom. The highest BCUT2D eigenvalue weighted by Gasteiger charge is 2.09. The first-order valence-electron chi connectivity index (χ1n) is 4.61. The summed E-state index contributed by atoms with van der Waals surface area (Å²) < 4.78 is 0. The standard InChI is InChI=1S/C11H10N2O2/c14-13(15)11-3-1-9(2-4-11)10-5-7-12-8-6-10/h1-8,10,12H. The van der Waals surface area contributed by atoms with Gasteiger partial charge in [-0.2, -0.15) is 0 Å². The maximum atomic E-state index is 10.5. The van der Waals surface area contributed by atoms with Crippen molar-refractivity contribution in [2.75, 3.05) is 0 Å². The Labute approximate surface area is 87.1 Å². The van der Waals surface area contributed by atoms with Gasteiger partial charge in [0.15, 0.2) is 0 Å². The van der Waals surface area contributed by atoms with Crippen molar-refractivity contribution >= 4 is 5.69 Å². The van der Waals surface area contributed by atoms with Crippen molar-refractivity contribution in [3.8, 4) is 0 Å². The molecule has 0 fully saturated rings. The van der Waals surface area contributed by atoms with Crippen molar-refractivity contribution in [2.45, 2.75) is 5.92 Å². The smallest absolute Gasteiger partial charge is 0.269 e. The maximum absolute atomic E-state index is 10.5. The zero-order chi connectivity index (χ0) is 10.7. The molecule has 0 bridgehead atoms. The molecule has 0 spiro atoms. The molecule has 0 amide bonds. The molecular formula is C11H10N2O2. The van der Waals surface area contributed by atoms with Crippen LogP contribution >= 0.6 is 0 Å². The van der Waals surface area contributed by atoms with Crippen molar-refractivity contribution in [1.82, 2.24) is 5.32 Å². The predicted molar refractivity (Wildman–Crippen MR) is 57.3 cm³/mol. The number of nitrogens with zero attached hydrogens (tertiary/aromatic N) is 1. The molecule has 1 N–H and O–H groups in total. The third kappa shape index (κ3) is 2.04. The monoisotopic (exact) mass is 202 g/mol. The second-order valence-corrected chi connectivity index (χ2v) is 3.26. The van der Waals surface area contributed by atoms with E-state index in [-0.39, 0.29) is 11.6 Å². The lowest BCUT2D eigenvalue weighted by Gasteiger charge is -2.11. The molecule has 1 aliphatic heterocycles. The number of allylic oxidation sites excluding steroid dienone is 2. The molecule has 1 aliphatic rings. The van der Waals surface area contributed by atoms with Crippen LogP contribution < -0.4 is 5.32 Å². The SMILES string of the molecule is O=[N+]([O-])c1ccc(C2C=CNC=C2)cc1. The van der Waals surface area contributed by atoms with Gasteiger partial charge in [0.25, 0.3) is 5.69 Å². The molecule has 0 aromatic heterocycles. The Morgan fingerprint density at radius 2 is 1.73 bits per heavy atom. The molecule has 15 heavy (non-hydrogen) atoms. The van der Waals surface area contributed by atoms with E-state index in [1.807, 2.05) is 24.6 Å². The summed E-state index contributed by atoms with van der Waals surface area (Å²) in [4.78, 5) is 10.1. The van der Waals surface area contributed by atoms with E-state index in [4.69, 9.17) is 0 Å². The molecule has 1 aromatic carbocycles. The highest BCUT2D eigenvalue weighted by atomic mass is 16.6. The average Bonchev–Trinajstić information content (AvgIpc) is 2.30. The number of nitrogens with one attached hydrogen (secondary N) is 1. The van der Waals surface area contributed by atoms with Gasteiger partial charge in [-0.15, -0.1) is 0 Å². The van der Waals surface area contributed by atoms with E-state index < -0.39 is 4.92 Å². The normalized spacial score (nSPS) is 14.9. The molecule has 0 aliphatic carbocycles. The molecule has 0 saturated heterocycles. The minimum atomic E-state index is -0.391. The van der Waals surface area contributed by atoms with Crippen LogP contribution in [0.15, 0.2) is 48.8 Å². The summed E-state index contributed by atoms with van der Waals surface area (Å²) in [5.74, 6) is 0.201. The molecule has 76 valence electrons. The summed E-state index contributed by atoms with van der Waals surface area (Å²) in [6, 6.07) is 6.61. The van der Waals surface area contributed by atoms with E-state index in [1.54, 1.807) is 12.1 Å². The molecule has 0 radical (unpaired) electrons. The van der Waals surface area contributed by atoms with Gasteiger partial charge < -0.3 is 5.32 Å². The van der Waals surface area contributed by atoms with Crippen LogP contribution in [-0.4, -0.2) is 4.92 Å². The van der Waals surface area contributed by atoms with Gasteiger partial charge in [-0.1, -0.05) is 24.3 Å². The largest absolute Gasteiger partial charge is 0.368 e. The van der Waals surface area contributed by atoms with Gasteiger partial charge in [0, 0.05) is 18.1 Å². The van der Waals surface area contributed by atoms with E-state index in [0.717, 1.165) is 5.56 Å². The van der Waals surface area contributed by atoms with Crippen LogP contribution in [0.5, 0.6) is 0 Å². The second-order valence-electron chi connectivity index (χ2n) is 3.26. The van der Waals surface area contributed by atoms with Crippen LogP contribution in [0, 0.1) is 10.1 Å². The van der Waals surface area contributed by atoms with Crippen LogP contribution in [0.4, 0.5) is 5.69 Å². The zero-order valence-corrected chi connectivity index (χ0v) is 7.96. The lowest BCUT2D eigenvalue weighted by molar-refractivity contribution is -0.384. The quantitative estimate of drug-likeness (QED) is 0.591. The van der Waals surface area contributed by atoms with Crippen molar-refractivity contribution < 1.29 is 4.92 Å². The van der Waals surface area contributed by atoms with Gasteiger partial charge in [-0.05, 0) is 18.0 Å². The number of benzene rings is 1. The first-order chi connectivity index (χ1) is 7.27. The summed E-state index contributed by atoms with van der Waals surface area (Å²) in [7, 11) is 0. The topological polar surface area (TPSA) is 55.2 Å². The van der Waals surface area contributed by atoms with E-state index in [2.05, 4.69) is 5.32 Å². The van der Waals surface area contributed by atoms with Gasteiger partial charge in [-0.25, -0.2) is 0 Å². The number of nitro benzene ring substituents is 1. The summed E-state index contributed by atoms with van der Waals surface area (Å²) in [6.45, 7) is 0. The van der Waals surface area contributed by atoms with Gasteiger partial charge in [-0.3, -0.25) is 10.1 Å². The summed E-state index contributed by atoms with van der Waals surface area (Å²) in [5.41, 5.74) is 1.18. The van der Waals surface area contributed by atoms with Crippen molar-refractivity contribution in [3.63, 3.8) is 0 Å². The molecule has 0 atom stereocenters. The number of hydrogen-bond acceptors (Lipinski definition) is 3. The van der Waals surface area contributed by atoms with Crippen LogP contribution in [0.2, 0.25) is 0 Å². The van der Waals surface area contributed by atoms with E-state index in [9.17, 15) is 10.1 Å². The molecule has 0 saturated carbocycles. The van der Waals surface area contributed by atoms with Gasteiger partial charge >= 0.3 is 0 Å². The highest BCUT2D eigenvalue weighted by Crippen LogP contribution is 2.22. The Morgan fingerprint density at radius 3 is 2.27 bits per heavy atom. The summed E-state index contributed by atoms with van der Waals surface area (Å²) >= 11 is 0. The molecule has 2 rings (SSSR count). The Balaban J connectivity index is 2.23. The van der Waals surface area contributed by atoms with E-state index in [0.29, 0.717) is 0 Å². The van der Waals surface area contributed by atoms with Crippen molar-refractivity contribution in [2.24, 2.45) is 0 Å². The number of nitro groups is 1. The first-order valence-corrected chi connectivity index (χ1v) is 4.61. The van der Waals surface area contributed by atoms with Crippen LogP contribution in [0.25, 0.3) is 0 Å². The van der Waals surface area contributed by atoms with Crippen molar-refractivity contribution in [3.05, 3.63) is 64.5 Å². The lowest BCUT2D eigenvalue weighted by Crippen LogP contribution is -2.02. The van der Waals surface area contributed by atoms with Crippen LogP contribution in [-0.2, 0) is 0 Å². The molecule has 4 nitrogen and oxygen atoms in total. The third-order valence-electron chi connectivity index (χ3n) is 2.29. The third-order valence-corrected chi connectivity index (χ3v) is 2.29. The number of hydrogen-bond donors (Lipinski definition) is 1. The zero-order valence-electron chi connectivity index (χ0n) is 7.96. The Hall–Kier alpha value is -2.10. The van der Waals surface area contributed by atoms with E-state index >= 15 is 0 Å². The Bertz CT molecular complexity index is 409. The minimum Gasteiger partial charge on any atom is -0.368 e. The lowest BCUT2D eigenvalue weighted by atomic mass is 9.98. The summed E-state index contributed by atoms with van der Waals surface area (Å²) in [6.07, 6.45) is 7.71. The number of non-ortho nitro benzene ring substituents is 1. The molecule has 4 heteroatoms. The fourth-order valence-electron chi connectivity index (χ4n) is 1.48. The fourth-order valence-corrected chi connectivity index (χ4v) is 1.48. The van der Waals surface area contributed by atoms with Crippen LogP contribution in [0.1, 0.15) is 11.5 Å². The predicted octanol–water partition coefficient (Wildman–Crippen LogP) is 2.31. The molecule has 1 heterocycles. The second kappa shape index (κ2) is 3.96. The van der Waals surface area contributed by atoms with Gasteiger partial charge in [0.05, 0.1) is 4.92 Å². The van der Waals surface area contributed by atoms with Crippen molar-refractivity contribution in [1.29, 1.82) is 0 Å². The van der Waals surface area contributed by atoms with Gasteiger partial charge in [0.2, 0.25) is 0 Å². The number of rotatable bonds is 2. The Kier molecular flexibility index (Phi) is 2.49. The number of dihydropyridines is 1. The van der Waals surface area contributed by atoms with E-state index in [1.165, 1.54) is 12.1 Å². The summed E-state index contributed by atoms with van der Waals surface area (Å²) in [5, 5.41) is 13.4. The molecule has 0 unspecified atom stereocenters. The first kappa shape index (κ1) is 9.45. The highest BCUT2D eigenvalue weighted by molar-refractivity contribution is 5.38. The van der Waals surface area contributed by atoms with Gasteiger partial charge in [0.1, 0.15) is 0 Å². The minimum absolute atomic E-state index is 0.126. The molecule has 1 aromatic rings. The van der Waals surface area contributed by atoms with Crippen LogP contribution in [0.3, 0.4) is 0 Å². The maximum Gasteiger partial charge on any atom is 0.269 e. The molecular weight excluding hydrogens is 192 g/mol. The fraction of sp³-hybridized carbons (Fsp3) is 0.0909.